The zero-order chi connectivity index (χ0) is 21.3. The van der Waals surface area contributed by atoms with E-state index in [1.54, 1.807) is 24.1 Å². The number of carboxylic acids is 1. The first-order chi connectivity index (χ1) is 13.6. The molecule has 2 unspecified atom stereocenters. The number of amides is 1. The zero-order valence-corrected chi connectivity index (χ0v) is 16.9. The number of carboxylic acid groups (broad SMARTS) is 1. The number of alkyl halides is 1. The number of aromatic nitrogens is 2. The summed E-state index contributed by atoms with van der Waals surface area (Å²) in [4.78, 5) is 34.0. The van der Waals surface area contributed by atoms with Gasteiger partial charge in [0.15, 0.2) is 5.69 Å². The molecule has 1 aliphatic heterocycles. The highest BCUT2D eigenvalue weighted by Crippen LogP contribution is 2.33. The standard InChI is InChI=1S/C21H24FN3O4/c1-5-21(4,22)11-29-18-12(2)8-14(9-24-18)13(3)25-10-16-15(19(25)26)6-7-23-17(16)20(27)28/h6-9,13H,5,10-11H2,1-4H3,(H,27,28). The van der Waals surface area contributed by atoms with Gasteiger partial charge in [0.2, 0.25) is 5.88 Å². The third-order valence-electron chi connectivity index (χ3n) is 5.33. The van der Waals surface area contributed by atoms with Crippen LogP contribution in [0.3, 0.4) is 0 Å². The Labute approximate surface area is 168 Å². The fraction of sp³-hybridized carbons (Fsp3) is 0.429. The van der Waals surface area contributed by atoms with E-state index in [0.717, 1.165) is 11.1 Å². The maximum atomic E-state index is 14.1. The van der Waals surface area contributed by atoms with Crippen LogP contribution < -0.4 is 4.74 Å². The normalized spacial score (nSPS) is 16.3. The van der Waals surface area contributed by atoms with E-state index in [1.165, 1.54) is 13.1 Å². The van der Waals surface area contributed by atoms with Crippen molar-refractivity contribution in [2.24, 2.45) is 0 Å². The van der Waals surface area contributed by atoms with Crippen molar-refractivity contribution in [1.29, 1.82) is 0 Å². The highest BCUT2D eigenvalue weighted by Gasteiger charge is 2.35. The molecule has 0 fully saturated rings. The van der Waals surface area contributed by atoms with Crippen LogP contribution in [0, 0.1) is 6.92 Å². The summed E-state index contributed by atoms with van der Waals surface area (Å²) >= 11 is 0. The van der Waals surface area contributed by atoms with Crippen LogP contribution in [-0.2, 0) is 6.54 Å². The Morgan fingerprint density at radius 1 is 1.45 bits per heavy atom. The Kier molecular flexibility index (Phi) is 5.55. The van der Waals surface area contributed by atoms with E-state index < -0.39 is 11.6 Å². The topological polar surface area (TPSA) is 92.6 Å². The number of aryl methyl sites for hydroxylation is 1. The zero-order valence-electron chi connectivity index (χ0n) is 16.9. The van der Waals surface area contributed by atoms with Crippen molar-refractivity contribution in [3.8, 4) is 5.88 Å². The molecule has 2 aromatic heterocycles. The minimum Gasteiger partial charge on any atom is -0.477 e. The monoisotopic (exact) mass is 401 g/mol. The molecule has 0 saturated carbocycles. The van der Waals surface area contributed by atoms with E-state index in [0.29, 0.717) is 23.4 Å². The molecule has 1 aliphatic rings. The summed E-state index contributed by atoms with van der Waals surface area (Å²) in [6.45, 7) is 6.98. The maximum absolute atomic E-state index is 14.1. The quantitative estimate of drug-likeness (QED) is 0.760. The molecule has 7 nitrogen and oxygen atoms in total. The van der Waals surface area contributed by atoms with E-state index in [9.17, 15) is 19.1 Å². The van der Waals surface area contributed by atoms with Gasteiger partial charge in [-0.3, -0.25) is 4.79 Å². The summed E-state index contributed by atoms with van der Waals surface area (Å²) in [5.74, 6) is -1.05. The summed E-state index contributed by atoms with van der Waals surface area (Å²) in [7, 11) is 0. The molecule has 0 radical (unpaired) electrons. The molecule has 0 aromatic carbocycles. The van der Waals surface area contributed by atoms with E-state index in [4.69, 9.17) is 4.74 Å². The van der Waals surface area contributed by atoms with Crippen molar-refractivity contribution in [2.75, 3.05) is 6.61 Å². The van der Waals surface area contributed by atoms with Crippen LogP contribution >= 0.6 is 0 Å². The van der Waals surface area contributed by atoms with E-state index in [2.05, 4.69) is 9.97 Å². The molecule has 0 bridgehead atoms. The fourth-order valence-electron chi connectivity index (χ4n) is 3.21. The number of hydrogen-bond donors (Lipinski definition) is 1. The average molecular weight is 401 g/mol. The lowest BCUT2D eigenvalue weighted by atomic mass is 10.1. The lowest BCUT2D eigenvalue weighted by molar-refractivity contribution is 0.0678. The number of fused-ring (bicyclic) bond motifs is 1. The van der Waals surface area contributed by atoms with Crippen molar-refractivity contribution in [1.82, 2.24) is 14.9 Å². The summed E-state index contributed by atoms with van der Waals surface area (Å²) in [6.07, 6.45) is 3.27. The Balaban J connectivity index is 1.80. The second-order valence-electron chi connectivity index (χ2n) is 7.55. The van der Waals surface area contributed by atoms with Crippen LogP contribution in [0.25, 0.3) is 0 Å². The van der Waals surface area contributed by atoms with Gasteiger partial charge < -0.3 is 14.7 Å². The predicted octanol–water partition coefficient (Wildman–Crippen LogP) is 3.72. The molecule has 0 spiro atoms. The summed E-state index contributed by atoms with van der Waals surface area (Å²) in [6, 6.07) is 3.05. The Morgan fingerprint density at radius 3 is 2.79 bits per heavy atom. The molecule has 3 rings (SSSR count). The van der Waals surface area contributed by atoms with Gasteiger partial charge >= 0.3 is 5.97 Å². The third kappa shape index (κ3) is 4.06. The molecule has 154 valence electrons. The number of nitrogens with zero attached hydrogens (tertiary/aromatic N) is 3. The number of pyridine rings is 2. The van der Waals surface area contributed by atoms with Gasteiger partial charge in [0.05, 0.1) is 6.04 Å². The van der Waals surface area contributed by atoms with Crippen molar-refractivity contribution in [3.63, 3.8) is 0 Å². The molecule has 1 N–H and O–H groups in total. The van der Waals surface area contributed by atoms with E-state index in [1.807, 2.05) is 19.9 Å². The summed E-state index contributed by atoms with van der Waals surface area (Å²) in [5.41, 5.74) is 0.759. The minimum absolute atomic E-state index is 0.0862. The predicted molar refractivity (Wildman–Crippen MR) is 104 cm³/mol. The average Bonchev–Trinajstić information content (AvgIpc) is 3.03. The highest BCUT2D eigenvalue weighted by molar-refractivity contribution is 6.01. The molecular weight excluding hydrogens is 377 g/mol. The number of ether oxygens (including phenoxy) is 1. The van der Waals surface area contributed by atoms with Crippen LogP contribution in [0.1, 0.15) is 70.8 Å². The smallest absolute Gasteiger partial charge is 0.354 e. The number of aromatic carboxylic acids is 1. The van der Waals surface area contributed by atoms with Gasteiger partial charge in [0.1, 0.15) is 12.3 Å². The van der Waals surface area contributed by atoms with Crippen LogP contribution in [0.4, 0.5) is 4.39 Å². The molecule has 0 saturated heterocycles. The van der Waals surface area contributed by atoms with E-state index >= 15 is 0 Å². The maximum Gasteiger partial charge on any atom is 0.354 e. The van der Waals surface area contributed by atoms with Crippen molar-refractivity contribution in [3.05, 3.63) is 52.5 Å². The molecule has 8 heteroatoms. The van der Waals surface area contributed by atoms with Gasteiger partial charge in [-0.1, -0.05) is 6.92 Å². The summed E-state index contributed by atoms with van der Waals surface area (Å²) in [5, 5.41) is 9.33. The molecule has 0 aliphatic carbocycles. The largest absolute Gasteiger partial charge is 0.477 e. The second kappa shape index (κ2) is 7.77. The van der Waals surface area contributed by atoms with Gasteiger partial charge in [-0.2, -0.15) is 0 Å². The fourth-order valence-corrected chi connectivity index (χ4v) is 3.21. The number of carbonyl (C=O) groups excluding carboxylic acids is 1. The van der Waals surface area contributed by atoms with Gasteiger partial charge in [0, 0.05) is 35.6 Å². The number of halogens is 1. The number of rotatable bonds is 7. The SMILES string of the molecule is CCC(C)(F)COc1ncc(C(C)N2Cc3c(ccnc3C(=O)O)C2=O)cc1C. The van der Waals surface area contributed by atoms with Crippen LogP contribution in [0.2, 0.25) is 0 Å². The number of hydrogen-bond acceptors (Lipinski definition) is 5. The first kappa shape index (κ1) is 20.7. The van der Waals surface area contributed by atoms with Crippen LogP contribution in [-0.4, -0.2) is 44.1 Å². The molecule has 2 aromatic rings. The lowest BCUT2D eigenvalue weighted by Gasteiger charge is -2.25. The molecule has 2 atom stereocenters. The third-order valence-corrected chi connectivity index (χ3v) is 5.33. The lowest BCUT2D eigenvalue weighted by Crippen LogP contribution is -2.28. The van der Waals surface area contributed by atoms with Gasteiger partial charge in [-0.25, -0.2) is 19.2 Å². The summed E-state index contributed by atoms with van der Waals surface area (Å²) < 4.78 is 19.6. The van der Waals surface area contributed by atoms with Gasteiger partial charge in [-0.05, 0) is 44.9 Å². The number of carbonyl (C=O) groups is 2. The van der Waals surface area contributed by atoms with Gasteiger partial charge in [0.25, 0.3) is 5.91 Å². The first-order valence-electron chi connectivity index (χ1n) is 9.45. The Bertz CT molecular complexity index is 961. The van der Waals surface area contributed by atoms with Crippen LogP contribution in [0.5, 0.6) is 5.88 Å². The van der Waals surface area contributed by atoms with E-state index in [-0.39, 0.29) is 30.8 Å². The Hall–Kier alpha value is -3.03. The van der Waals surface area contributed by atoms with Crippen molar-refractivity contribution >= 4 is 11.9 Å². The first-order valence-corrected chi connectivity index (χ1v) is 9.45. The molecule has 29 heavy (non-hydrogen) atoms. The Morgan fingerprint density at radius 2 is 2.17 bits per heavy atom. The van der Waals surface area contributed by atoms with Gasteiger partial charge in [-0.15, -0.1) is 0 Å². The molecular formula is C21H24FN3O4. The molecule has 1 amide bonds. The van der Waals surface area contributed by atoms with Crippen molar-refractivity contribution in [2.45, 2.75) is 52.4 Å². The van der Waals surface area contributed by atoms with Crippen molar-refractivity contribution < 1.29 is 23.8 Å². The second-order valence-corrected chi connectivity index (χ2v) is 7.55. The minimum atomic E-state index is -1.43. The highest BCUT2D eigenvalue weighted by atomic mass is 19.1. The molecule has 3 heterocycles. The van der Waals surface area contributed by atoms with Crippen LogP contribution in [0.15, 0.2) is 24.5 Å².